The summed E-state index contributed by atoms with van der Waals surface area (Å²) in [5.74, 6) is 0.145. The number of aliphatic hydroxyl groups is 1. The molecule has 0 bridgehead atoms. The Kier molecular flexibility index (Phi) is 5.08. The van der Waals surface area contributed by atoms with Crippen LogP contribution in [0.4, 0.5) is 0 Å². The van der Waals surface area contributed by atoms with Crippen LogP contribution in [0.15, 0.2) is 18.2 Å². The van der Waals surface area contributed by atoms with E-state index in [1.807, 2.05) is 0 Å². The average Bonchev–Trinajstić information content (AvgIpc) is 2.29. The van der Waals surface area contributed by atoms with Crippen molar-refractivity contribution in [3.05, 3.63) is 28.8 Å². The number of hydrogen-bond donors (Lipinski definition) is 1. The zero-order chi connectivity index (χ0) is 12.0. The van der Waals surface area contributed by atoms with E-state index >= 15 is 0 Å². The molecule has 0 atom stereocenters. The van der Waals surface area contributed by atoms with Crippen LogP contribution in [0.25, 0.3) is 0 Å². The highest BCUT2D eigenvalue weighted by atomic mass is 35.5. The number of halogens is 1. The molecule has 0 spiro atoms. The van der Waals surface area contributed by atoms with Crippen LogP contribution in [0.1, 0.15) is 12.0 Å². The fourth-order valence-corrected chi connectivity index (χ4v) is 1.40. The zero-order valence-electron chi connectivity index (χ0n) is 8.90. The highest BCUT2D eigenvalue weighted by Crippen LogP contribution is 2.26. The Bertz CT molecular complexity index is 365. The van der Waals surface area contributed by atoms with Gasteiger partial charge in [0.1, 0.15) is 5.75 Å². The van der Waals surface area contributed by atoms with Crippen molar-refractivity contribution in [3.63, 3.8) is 0 Å². The monoisotopic (exact) mass is 244 g/mol. The molecule has 1 rings (SSSR count). The summed E-state index contributed by atoms with van der Waals surface area (Å²) in [5.41, 5.74) is 0.522. The zero-order valence-corrected chi connectivity index (χ0v) is 9.66. The van der Waals surface area contributed by atoms with Gasteiger partial charge in [0.15, 0.2) is 0 Å². The summed E-state index contributed by atoms with van der Waals surface area (Å²) in [7, 11) is 1.32. The molecule has 1 aromatic rings. The Morgan fingerprint density at radius 2 is 2.25 bits per heavy atom. The average molecular weight is 245 g/mol. The van der Waals surface area contributed by atoms with E-state index in [-0.39, 0.29) is 25.6 Å². The molecule has 4 nitrogen and oxygen atoms in total. The lowest BCUT2D eigenvalue weighted by Gasteiger charge is -2.10. The smallest absolute Gasteiger partial charge is 0.308 e. The molecular weight excluding hydrogens is 232 g/mol. The van der Waals surface area contributed by atoms with Crippen LogP contribution in [0, 0.1) is 0 Å². The molecule has 0 saturated carbocycles. The minimum Gasteiger partial charge on any atom is -0.493 e. The third kappa shape index (κ3) is 3.40. The maximum absolute atomic E-state index is 10.8. The Morgan fingerprint density at radius 1 is 1.50 bits per heavy atom. The number of methoxy groups -OCH3 is 1. The molecule has 1 aromatic carbocycles. The number of aliphatic hydroxyl groups excluding tert-OH is 1. The summed E-state index contributed by atoms with van der Waals surface area (Å²) in [6.07, 6.45) is 0.161. The number of ether oxygens (including phenoxy) is 2. The van der Waals surface area contributed by atoms with E-state index in [1.54, 1.807) is 18.2 Å². The van der Waals surface area contributed by atoms with E-state index in [4.69, 9.17) is 21.4 Å². The molecule has 0 aliphatic carbocycles. The normalized spacial score (nSPS) is 9.94. The summed E-state index contributed by atoms with van der Waals surface area (Å²) < 4.78 is 9.81. The number of benzene rings is 1. The first-order valence-corrected chi connectivity index (χ1v) is 5.14. The molecule has 0 heterocycles. The third-order valence-corrected chi connectivity index (χ3v) is 2.38. The van der Waals surface area contributed by atoms with Gasteiger partial charge in [-0.05, 0) is 12.1 Å². The molecule has 5 heteroatoms. The molecule has 0 fully saturated rings. The van der Waals surface area contributed by atoms with E-state index in [1.165, 1.54) is 7.11 Å². The van der Waals surface area contributed by atoms with Gasteiger partial charge < -0.3 is 14.6 Å². The van der Waals surface area contributed by atoms with Gasteiger partial charge in [-0.2, -0.15) is 0 Å². The summed E-state index contributed by atoms with van der Waals surface area (Å²) in [6, 6.07) is 5.07. The molecule has 88 valence electrons. The quantitative estimate of drug-likeness (QED) is 0.802. The van der Waals surface area contributed by atoms with Gasteiger partial charge in [0, 0.05) is 10.6 Å². The first-order valence-electron chi connectivity index (χ1n) is 4.77. The van der Waals surface area contributed by atoms with E-state index in [2.05, 4.69) is 4.74 Å². The Morgan fingerprint density at radius 3 is 2.88 bits per heavy atom. The van der Waals surface area contributed by atoms with Crippen LogP contribution in [0.2, 0.25) is 5.02 Å². The van der Waals surface area contributed by atoms with E-state index < -0.39 is 0 Å². The lowest BCUT2D eigenvalue weighted by atomic mass is 10.2. The van der Waals surface area contributed by atoms with Gasteiger partial charge in [-0.25, -0.2) is 0 Å². The SMILES string of the molecule is COC(=O)CCOc1cccc(Cl)c1CO. The van der Waals surface area contributed by atoms with Gasteiger partial charge in [0.05, 0.1) is 26.7 Å². The number of carbonyl (C=O) groups excluding carboxylic acids is 1. The summed E-state index contributed by atoms with van der Waals surface area (Å²) >= 11 is 5.87. The number of hydrogen-bond acceptors (Lipinski definition) is 4. The van der Waals surface area contributed by atoms with Crippen LogP contribution >= 0.6 is 11.6 Å². The minimum absolute atomic E-state index is 0.161. The largest absolute Gasteiger partial charge is 0.493 e. The molecule has 1 N–H and O–H groups in total. The van der Waals surface area contributed by atoms with Crippen molar-refractivity contribution in [2.24, 2.45) is 0 Å². The Balaban J connectivity index is 2.60. The number of carbonyl (C=O) groups is 1. The minimum atomic E-state index is -0.340. The number of esters is 1. The standard InChI is InChI=1S/C11H13ClO4/c1-15-11(14)5-6-16-10-4-2-3-9(12)8(10)7-13/h2-4,13H,5-7H2,1H3. The van der Waals surface area contributed by atoms with Crippen molar-refractivity contribution < 1.29 is 19.4 Å². The first kappa shape index (κ1) is 12.8. The van der Waals surface area contributed by atoms with Crippen LogP contribution in [0.5, 0.6) is 5.75 Å². The van der Waals surface area contributed by atoms with Gasteiger partial charge in [0.2, 0.25) is 0 Å². The van der Waals surface area contributed by atoms with Crippen molar-refractivity contribution in [2.45, 2.75) is 13.0 Å². The number of rotatable bonds is 5. The maximum atomic E-state index is 10.8. The summed E-state index contributed by atoms with van der Waals surface area (Å²) in [5, 5.41) is 9.54. The highest BCUT2D eigenvalue weighted by Gasteiger charge is 2.08. The van der Waals surface area contributed by atoms with Crippen molar-refractivity contribution in [1.82, 2.24) is 0 Å². The fraction of sp³-hybridized carbons (Fsp3) is 0.364. The second-order valence-electron chi connectivity index (χ2n) is 3.05. The van der Waals surface area contributed by atoms with Gasteiger partial charge in [-0.3, -0.25) is 4.79 Å². The topological polar surface area (TPSA) is 55.8 Å². The van der Waals surface area contributed by atoms with Crippen molar-refractivity contribution in [2.75, 3.05) is 13.7 Å². The second kappa shape index (κ2) is 6.35. The summed E-state index contributed by atoms with van der Waals surface area (Å²) in [6.45, 7) is -0.00670. The lowest BCUT2D eigenvalue weighted by molar-refractivity contribution is -0.141. The van der Waals surface area contributed by atoms with E-state index in [0.717, 1.165) is 0 Å². The van der Waals surface area contributed by atoms with Gasteiger partial charge >= 0.3 is 5.97 Å². The van der Waals surface area contributed by atoms with Crippen LogP contribution < -0.4 is 4.74 Å². The lowest BCUT2D eigenvalue weighted by Crippen LogP contribution is -2.08. The van der Waals surface area contributed by atoms with Gasteiger partial charge in [-0.15, -0.1) is 0 Å². The fourth-order valence-electron chi connectivity index (χ4n) is 1.17. The summed E-state index contributed by atoms with van der Waals surface area (Å²) in [4.78, 5) is 10.8. The van der Waals surface area contributed by atoms with Crippen LogP contribution in [-0.4, -0.2) is 24.8 Å². The third-order valence-electron chi connectivity index (χ3n) is 2.03. The Hall–Kier alpha value is -1.26. The van der Waals surface area contributed by atoms with E-state index in [9.17, 15) is 4.79 Å². The van der Waals surface area contributed by atoms with Gasteiger partial charge in [0.25, 0.3) is 0 Å². The molecule has 16 heavy (non-hydrogen) atoms. The highest BCUT2D eigenvalue weighted by molar-refractivity contribution is 6.31. The van der Waals surface area contributed by atoms with E-state index in [0.29, 0.717) is 16.3 Å². The predicted molar refractivity (Wildman–Crippen MR) is 59.5 cm³/mol. The van der Waals surface area contributed by atoms with Crippen molar-refractivity contribution in [1.29, 1.82) is 0 Å². The van der Waals surface area contributed by atoms with Crippen LogP contribution in [0.3, 0.4) is 0 Å². The van der Waals surface area contributed by atoms with Gasteiger partial charge in [-0.1, -0.05) is 17.7 Å². The molecule has 0 amide bonds. The Labute approximate surface area is 98.7 Å². The molecule has 0 radical (unpaired) electrons. The molecular formula is C11H13ClO4. The molecule has 0 aliphatic rings. The van der Waals surface area contributed by atoms with Crippen LogP contribution in [-0.2, 0) is 16.1 Å². The molecule has 0 saturated heterocycles. The molecule has 0 aromatic heterocycles. The predicted octanol–water partition coefficient (Wildman–Crippen LogP) is 1.77. The van der Waals surface area contributed by atoms with Crippen molar-refractivity contribution in [3.8, 4) is 5.75 Å². The first-order chi connectivity index (χ1) is 7.69. The second-order valence-corrected chi connectivity index (χ2v) is 3.46. The van der Waals surface area contributed by atoms with Crippen molar-refractivity contribution >= 4 is 17.6 Å². The maximum Gasteiger partial charge on any atom is 0.308 e. The molecule has 0 aliphatic heterocycles. The molecule has 0 unspecified atom stereocenters.